The largest absolute Gasteiger partial charge is 0.352 e. The molecule has 2 heterocycles. The summed E-state index contributed by atoms with van der Waals surface area (Å²) in [7, 11) is -3.86. The molecule has 0 saturated carbocycles. The second-order valence-corrected chi connectivity index (χ2v) is 9.32. The molecule has 0 radical (unpaired) electrons. The van der Waals surface area contributed by atoms with Crippen LogP contribution in [0, 0.1) is 0 Å². The summed E-state index contributed by atoms with van der Waals surface area (Å²) in [6, 6.07) is 19.1. The molecule has 0 atom stereocenters. The Morgan fingerprint density at radius 2 is 1.76 bits per heavy atom. The van der Waals surface area contributed by atoms with E-state index >= 15 is 0 Å². The summed E-state index contributed by atoms with van der Waals surface area (Å²) in [6.07, 6.45) is 6.37. The molecule has 9 nitrogen and oxygen atoms in total. The summed E-state index contributed by atoms with van der Waals surface area (Å²) in [5, 5.41) is 4.21. The van der Waals surface area contributed by atoms with Gasteiger partial charge in [0.25, 0.3) is 0 Å². The van der Waals surface area contributed by atoms with Gasteiger partial charge in [-0.1, -0.05) is 24.3 Å². The average Bonchev–Trinajstić information content (AvgIpc) is 3.39. The molecule has 0 saturated heterocycles. The molecule has 0 aliphatic rings. The van der Waals surface area contributed by atoms with Crippen molar-refractivity contribution in [2.75, 3.05) is 0 Å². The first-order valence-corrected chi connectivity index (χ1v) is 11.8. The van der Waals surface area contributed by atoms with Crippen molar-refractivity contribution in [1.29, 1.82) is 0 Å². The van der Waals surface area contributed by atoms with Gasteiger partial charge in [0.15, 0.2) is 5.75 Å². The Bertz CT molecular complexity index is 1340. The lowest BCUT2D eigenvalue weighted by atomic mass is 10.2. The van der Waals surface area contributed by atoms with Crippen molar-refractivity contribution in [1.82, 2.24) is 19.1 Å². The third kappa shape index (κ3) is 5.66. The maximum Gasteiger partial charge on any atom is 0.352 e. The third-order valence-electron chi connectivity index (χ3n) is 4.85. The highest BCUT2D eigenvalue weighted by Crippen LogP contribution is 2.23. The number of hydrogen-bond donors (Lipinski definition) is 0. The summed E-state index contributed by atoms with van der Waals surface area (Å²) < 4.78 is 30.0. The lowest BCUT2D eigenvalue weighted by molar-refractivity contribution is -0.210. The highest BCUT2D eigenvalue weighted by molar-refractivity contribution is 7.89. The molecule has 0 aliphatic heterocycles. The fraction of sp³-hybridized carbons (Fsp3) is 0.125. The summed E-state index contributed by atoms with van der Waals surface area (Å²) in [4.78, 5) is 24.6. The lowest BCUT2D eigenvalue weighted by Crippen LogP contribution is -2.30. The van der Waals surface area contributed by atoms with Crippen molar-refractivity contribution in [3.05, 3.63) is 103 Å². The van der Waals surface area contributed by atoms with Crippen LogP contribution in [0.3, 0.4) is 0 Å². The molecule has 34 heavy (non-hydrogen) atoms. The van der Waals surface area contributed by atoms with Gasteiger partial charge in [0.2, 0.25) is 10.0 Å². The van der Waals surface area contributed by atoms with Crippen LogP contribution < -0.4 is 4.89 Å². The third-order valence-corrected chi connectivity index (χ3v) is 6.62. The monoisotopic (exact) mass is 478 g/mol. The van der Waals surface area contributed by atoms with E-state index in [1.54, 1.807) is 41.2 Å². The molecule has 4 aromatic rings. The molecular formula is C24H22N4O5S. The normalized spacial score (nSPS) is 11.4. The zero-order valence-electron chi connectivity index (χ0n) is 18.3. The fourth-order valence-electron chi connectivity index (χ4n) is 3.26. The van der Waals surface area contributed by atoms with Crippen LogP contribution in [0.15, 0.2) is 96.4 Å². The number of hydrogen-bond acceptors (Lipinski definition) is 7. The van der Waals surface area contributed by atoms with Gasteiger partial charge in [0, 0.05) is 44.8 Å². The Kier molecular flexibility index (Phi) is 7.00. The van der Waals surface area contributed by atoms with E-state index < -0.39 is 16.0 Å². The standard InChI is InChI=1S/C24H22N4O5S/c1-19(29)32-33-23-6-2-5-21(15-23)18-27(34(30,31)24-7-3-12-25-16-24)17-20-8-10-22(11-9-20)28-14-4-13-26-28/h2-16H,17-18H2,1H3. The molecule has 0 bridgehead atoms. The van der Waals surface area contributed by atoms with Gasteiger partial charge in [0.1, 0.15) is 4.90 Å². The van der Waals surface area contributed by atoms with E-state index in [2.05, 4.69) is 15.0 Å². The maximum atomic E-state index is 13.5. The Hall–Kier alpha value is -4.02. The average molecular weight is 479 g/mol. The maximum absolute atomic E-state index is 13.5. The molecular weight excluding hydrogens is 456 g/mol. The Morgan fingerprint density at radius 1 is 0.971 bits per heavy atom. The molecule has 2 aromatic heterocycles. The molecule has 0 fully saturated rings. The first kappa shape index (κ1) is 23.1. The second-order valence-electron chi connectivity index (χ2n) is 7.38. The minimum atomic E-state index is -3.86. The Balaban J connectivity index is 1.61. The molecule has 174 valence electrons. The molecule has 0 N–H and O–H groups in total. The number of aromatic nitrogens is 3. The zero-order valence-corrected chi connectivity index (χ0v) is 19.1. The van der Waals surface area contributed by atoms with Crippen LogP contribution in [0.4, 0.5) is 0 Å². The quantitative estimate of drug-likeness (QED) is 0.268. The minimum Gasteiger partial charge on any atom is -0.287 e. The van der Waals surface area contributed by atoms with Crippen molar-refractivity contribution in [2.24, 2.45) is 0 Å². The predicted octanol–water partition coefficient (Wildman–Crippen LogP) is 3.52. The van der Waals surface area contributed by atoms with Crippen molar-refractivity contribution in [3.8, 4) is 11.4 Å². The number of benzene rings is 2. The molecule has 0 amide bonds. The van der Waals surface area contributed by atoms with Crippen LogP contribution in [0.5, 0.6) is 5.75 Å². The summed E-state index contributed by atoms with van der Waals surface area (Å²) in [5.74, 6) is -0.306. The van der Waals surface area contributed by atoms with Gasteiger partial charge in [-0.05, 0) is 53.6 Å². The van der Waals surface area contributed by atoms with Crippen LogP contribution in [-0.2, 0) is 32.8 Å². The van der Waals surface area contributed by atoms with Crippen LogP contribution in [0.1, 0.15) is 18.1 Å². The van der Waals surface area contributed by atoms with Crippen LogP contribution >= 0.6 is 0 Å². The van der Waals surface area contributed by atoms with Crippen LogP contribution in [-0.4, -0.2) is 33.5 Å². The lowest BCUT2D eigenvalue weighted by Gasteiger charge is -2.23. The van der Waals surface area contributed by atoms with E-state index in [0.717, 1.165) is 11.3 Å². The highest BCUT2D eigenvalue weighted by Gasteiger charge is 2.25. The second kappa shape index (κ2) is 10.3. The van der Waals surface area contributed by atoms with E-state index in [9.17, 15) is 13.2 Å². The van der Waals surface area contributed by atoms with Crippen molar-refractivity contribution in [3.63, 3.8) is 0 Å². The number of nitrogens with zero attached hydrogens (tertiary/aromatic N) is 4. The molecule has 10 heteroatoms. The number of pyridine rings is 1. The molecule has 0 unspecified atom stereocenters. The van der Waals surface area contributed by atoms with Gasteiger partial charge in [-0.15, -0.1) is 0 Å². The number of carbonyl (C=O) groups excluding carboxylic acids is 1. The van der Waals surface area contributed by atoms with Crippen molar-refractivity contribution in [2.45, 2.75) is 24.9 Å². The SMILES string of the molecule is CC(=O)OOc1cccc(CN(Cc2ccc(-n3cccn3)cc2)S(=O)(=O)c2cccnc2)c1. The highest BCUT2D eigenvalue weighted by atomic mass is 32.2. The summed E-state index contributed by atoms with van der Waals surface area (Å²) >= 11 is 0. The van der Waals surface area contributed by atoms with Crippen LogP contribution in [0.25, 0.3) is 5.69 Å². The first-order chi connectivity index (χ1) is 16.4. The van der Waals surface area contributed by atoms with Crippen molar-refractivity contribution >= 4 is 16.0 Å². The number of rotatable bonds is 9. The first-order valence-electron chi connectivity index (χ1n) is 10.3. The van der Waals surface area contributed by atoms with Gasteiger partial charge in [-0.2, -0.15) is 9.40 Å². The Morgan fingerprint density at radius 3 is 2.44 bits per heavy atom. The minimum absolute atomic E-state index is 0.0649. The van der Waals surface area contributed by atoms with E-state index in [4.69, 9.17) is 4.89 Å². The van der Waals surface area contributed by atoms with Gasteiger partial charge < -0.3 is 0 Å². The molecule has 0 aliphatic carbocycles. The zero-order chi connectivity index (χ0) is 24.0. The van der Waals surface area contributed by atoms with Gasteiger partial charge in [0.05, 0.1) is 5.69 Å². The molecule has 0 spiro atoms. The predicted molar refractivity (Wildman–Crippen MR) is 123 cm³/mol. The van der Waals surface area contributed by atoms with Crippen LogP contribution in [0.2, 0.25) is 0 Å². The Labute approximate surface area is 197 Å². The van der Waals surface area contributed by atoms with Gasteiger partial charge >= 0.3 is 5.97 Å². The number of sulfonamides is 1. The summed E-state index contributed by atoms with van der Waals surface area (Å²) in [6.45, 7) is 1.42. The van der Waals surface area contributed by atoms with E-state index in [1.807, 2.05) is 36.5 Å². The molecule has 2 aromatic carbocycles. The molecule has 4 rings (SSSR count). The van der Waals surface area contributed by atoms with Gasteiger partial charge in [-0.3, -0.25) is 14.8 Å². The van der Waals surface area contributed by atoms with E-state index in [0.29, 0.717) is 5.56 Å². The smallest absolute Gasteiger partial charge is 0.287 e. The van der Waals surface area contributed by atoms with Crippen molar-refractivity contribution < 1.29 is 23.0 Å². The summed E-state index contributed by atoms with van der Waals surface area (Å²) in [5.41, 5.74) is 2.33. The van der Waals surface area contributed by atoms with E-state index in [1.165, 1.54) is 29.7 Å². The topological polar surface area (TPSA) is 104 Å². The van der Waals surface area contributed by atoms with E-state index in [-0.39, 0.29) is 23.7 Å². The fourth-order valence-corrected chi connectivity index (χ4v) is 4.64. The van der Waals surface area contributed by atoms with Gasteiger partial charge in [-0.25, -0.2) is 17.9 Å². The number of carbonyl (C=O) groups is 1.